The molecule has 0 spiro atoms. The number of aryl methyl sites for hydroxylation is 1. The standard InChI is InChI=1S/C15H17ClN2/c1-9-6-7-11(16)14-12(17)8-13(18-15(9)14)10-4-2-3-5-10/h6-8,10H,2-5H2,1H3,(H2,17,18). The molecule has 94 valence electrons. The first-order valence-electron chi connectivity index (χ1n) is 6.52. The van der Waals surface area contributed by atoms with Crippen LogP contribution in [0.25, 0.3) is 10.9 Å². The monoisotopic (exact) mass is 260 g/mol. The van der Waals surface area contributed by atoms with Gasteiger partial charge in [-0.25, -0.2) is 0 Å². The fourth-order valence-corrected chi connectivity index (χ4v) is 3.17. The first-order chi connectivity index (χ1) is 8.66. The van der Waals surface area contributed by atoms with Gasteiger partial charge in [-0.3, -0.25) is 4.98 Å². The Bertz CT molecular complexity index is 601. The zero-order valence-electron chi connectivity index (χ0n) is 10.5. The summed E-state index contributed by atoms with van der Waals surface area (Å²) in [4.78, 5) is 4.81. The number of nitrogens with two attached hydrogens (primary N) is 1. The van der Waals surface area contributed by atoms with Gasteiger partial charge in [0.2, 0.25) is 0 Å². The smallest absolute Gasteiger partial charge is 0.0770 e. The quantitative estimate of drug-likeness (QED) is 0.823. The van der Waals surface area contributed by atoms with E-state index in [0.29, 0.717) is 10.9 Å². The van der Waals surface area contributed by atoms with Gasteiger partial charge in [-0.1, -0.05) is 30.5 Å². The predicted molar refractivity (Wildman–Crippen MR) is 77.1 cm³/mol. The second-order valence-electron chi connectivity index (χ2n) is 5.21. The number of hydrogen-bond donors (Lipinski definition) is 1. The van der Waals surface area contributed by atoms with E-state index in [1.54, 1.807) is 0 Å². The van der Waals surface area contributed by atoms with Gasteiger partial charge in [0.15, 0.2) is 0 Å². The molecular formula is C15H17ClN2. The molecule has 2 nitrogen and oxygen atoms in total. The molecule has 3 rings (SSSR count). The van der Waals surface area contributed by atoms with Crippen molar-refractivity contribution in [3.05, 3.63) is 34.5 Å². The molecule has 1 aliphatic rings. The van der Waals surface area contributed by atoms with Gasteiger partial charge >= 0.3 is 0 Å². The van der Waals surface area contributed by atoms with Crippen LogP contribution in [-0.4, -0.2) is 4.98 Å². The second-order valence-corrected chi connectivity index (χ2v) is 5.61. The van der Waals surface area contributed by atoms with E-state index in [1.165, 1.54) is 25.7 Å². The number of rotatable bonds is 1. The van der Waals surface area contributed by atoms with Gasteiger partial charge in [-0.05, 0) is 37.5 Å². The highest BCUT2D eigenvalue weighted by molar-refractivity contribution is 6.36. The van der Waals surface area contributed by atoms with Gasteiger partial charge in [0.05, 0.1) is 10.5 Å². The van der Waals surface area contributed by atoms with Gasteiger partial charge < -0.3 is 5.73 Å². The van der Waals surface area contributed by atoms with E-state index in [4.69, 9.17) is 22.3 Å². The van der Waals surface area contributed by atoms with Crippen molar-refractivity contribution in [1.29, 1.82) is 0 Å². The number of anilines is 1. The van der Waals surface area contributed by atoms with Gasteiger partial charge in [0, 0.05) is 22.7 Å². The SMILES string of the molecule is Cc1ccc(Cl)c2c(N)cc(C3CCCC3)nc12. The minimum atomic E-state index is 0.579. The average Bonchev–Trinajstić information content (AvgIpc) is 2.87. The van der Waals surface area contributed by atoms with E-state index >= 15 is 0 Å². The van der Waals surface area contributed by atoms with Crippen LogP contribution in [0.5, 0.6) is 0 Å². The van der Waals surface area contributed by atoms with E-state index < -0.39 is 0 Å². The van der Waals surface area contributed by atoms with E-state index in [9.17, 15) is 0 Å². The van der Waals surface area contributed by atoms with Crippen molar-refractivity contribution in [2.75, 3.05) is 5.73 Å². The summed E-state index contributed by atoms with van der Waals surface area (Å²) < 4.78 is 0. The number of halogens is 1. The summed E-state index contributed by atoms with van der Waals surface area (Å²) in [7, 11) is 0. The third-order valence-corrected chi connectivity index (χ3v) is 4.25. The highest BCUT2D eigenvalue weighted by Crippen LogP contribution is 2.37. The van der Waals surface area contributed by atoms with Crippen LogP contribution in [0.4, 0.5) is 5.69 Å². The Labute approximate surface area is 112 Å². The molecule has 1 fully saturated rings. The molecule has 0 amide bonds. The number of pyridine rings is 1. The van der Waals surface area contributed by atoms with Crippen molar-refractivity contribution in [1.82, 2.24) is 4.98 Å². The van der Waals surface area contributed by atoms with Gasteiger partial charge in [0.25, 0.3) is 0 Å². The molecule has 2 aromatic rings. The summed E-state index contributed by atoms with van der Waals surface area (Å²) in [5, 5.41) is 1.59. The molecular weight excluding hydrogens is 244 g/mol. The molecule has 18 heavy (non-hydrogen) atoms. The summed E-state index contributed by atoms with van der Waals surface area (Å²) in [5.74, 6) is 0.579. The first kappa shape index (κ1) is 11.8. The van der Waals surface area contributed by atoms with E-state index in [2.05, 4.69) is 6.92 Å². The maximum absolute atomic E-state index is 6.23. The lowest BCUT2D eigenvalue weighted by Crippen LogP contribution is -2.01. The molecule has 0 saturated heterocycles. The average molecular weight is 261 g/mol. The lowest BCUT2D eigenvalue weighted by Gasteiger charge is -2.13. The second kappa shape index (κ2) is 4.43. The summed E-state index contributed by atoms with van der Waals surface area (Å²) in [6.07, 6.45) is 5.08. The third kappa shape index (κ3) is 1.85. The number of hydrogen-bond acceptors (Lipinski definition) is 2. The Morgan fingerprint density at radius 1 is 1.28 bits per heavy atom. The largest absolute Gasteiger partial charge is 0.398 e. The number of fused-ring (bicyclic) bond motifs is 1. The van der Waals surface area contributed by atoms with Crippen LogP contribution in [0.2, 0.25) is 5.02 Å². The first-order valence-corrected chi connectivity index (χ1v) is 6.90. The van der Waals surface area contributed by atoms with E-state index in [1.807, 2.05) is 18.2 Å². The maximum atomic E-state index is 6.23. The Hall–Kier alpha value is -1.28. The van der Waals surface area contributed by atoms with Crippen LogP contribution in [-0.2, 0) is 0 Å². The molecule has 1 aliphatic carbocycles. The van der Waals surface area contributed by atoms with Crippen LogP contribution >= 0.6 is 11.6 Å². The van der Waals surface area contributed by atoms with Crippen molar-refractivity contribution in [3.63, 3.8) is 0 Å². The molecule has 1 heterocycles. The van der Waals surface area contributed by atoms with Crippen LogP contribution in [0.3, 0.4) is 0 Å². The number of aromatic nitrogens is 1. The van der Waals surface area contributed by atoms with Crippen molar-refractivity contribution in [2.24, 2.45) is 0 Å². The van der Waals surface area contributed by atoms with Gasteiger partial charge in [-0.2, -0.15) is 0 Å². The Balaban J connectivity index is 2.23. The van der Waals surface area contributed by atoms with Crippen LogP contribution in [0.1, 0.15) is 42.9 Å². The molecule has 0 aliphatic heterocycles. The molecule has 3 heteroatoms. The molecule has 0 radical (unpaired) electrons. The van der Waals surface area contributed by atoms with E-state index in [-0.39, 0.29) is 0 Å². The van der Waals surface area contributed by atoms with Crippen LogP contribution < -0.4 is 5.73 Å². The lowest BCUT2D eigenvalue weighted by molar-refractivity contribution is 0.701. The van der Waals surface area contributed by atoms with Gasteiger partial charge in [0.1, 0.15) is 0 Å². The number of benzene rings is 1. The summed E-state index contributed by atoms with van der Waals surface area (Å²) in [5.41, 5.74) is 10.2. The fraction of sp³-hybridized carbons (Fsp3) is 0.400. The topological polar surface area (TPSA) is 38.9 Å². The zero-order chi connectivity index (χ0) is 12.7. The molecule has 0 bridgehead atoms. The molecule has 0 atom stereocenters. The van der Waals surface area contributed by atoms with Crippen LogP contribution in [0, 0.1) is 6.92 Å². The highest BCUT2D eigenvalue weighted by atomic mass is 35.5. The minimum absolute atomic E-state index is 0.579. The third-order valence-electron chi connectivity index (χ3n) is 3.94. The minimum Gasteiger partial charge on any atom is -0.398 e. The summed E-state index contributed by atoms with van der Waals surface area (Å²) in [6, 6.07) is 5.92. The normalized spacial score (nSPS) is 16.6. The van der Waals surface area contributed by atoms with Crippen molar-refractivity contribution >= 4 is 28.2 Å². The molecule has 1 aromatic heterocycles. The Kier molecular flexibility index (Phi) is 2.90. The molecule has 2 N–H and O–H groups in total. The molecule has 1 aromatic carbocycles. The molecule has 0 unspecified atom stereocenters. The van der Waals surface area contributed by atoms with E-state index in [0.717, 1.165) is 27.8 Å². The van der Waals surface area contributed by atoms with Crippen molar-refractivity contribution < 1.29 is 0 Å². The summed E-state index contributed by atoms with van der Waals surface area (Å²) >= 11 is 6.23. The number of nitrogen functional groups attached to an aromatic ring is 1. The Morgan fingerprint density at radius 3 is 2.72 bits per heavy atom. The highest BCUT2D eigenvalue weighted by Gasteiger charge is 2.20. The van der Waals surface area contributed by atoms with Crippen LogP contribution in [0.15, 0.2) is 18.2 Å². The Morgan fingerprint density at radius 2 is 2.00 bits per heavy atom. The van der Waals surface area contributed by atoms with Crippen molar-refractivity contribution in [3.8, 4) is 0 Å². The predicted octanol–water partition coefficient (Wildman–Crippen LogP) is 4.44. The molecule has 1 saturated carbocycles. The fourth-order valence-electron chi connectivity index (χ4n) is 2.91. The van der Waals surface area contributed by atoms with Crippen molar-refractivity contribution in [2.45, 2.75) is 38.5 Å². The lowest BCUT2D eigenvalue weighted by atomic mass is 10.0. The summed E-state index contributed by atoms with van der Waals surface area (Å²) in [6.45, 7) is 2.06. The van der Waals surface area contributed by atoms with Gasteiger partial charge in [-0.15, -0.1) is 0 Å². The zero-order valence-corrected chi connectivity index (χ0v) is 11.3. The number of nitrogens with zero attached hydrogens (tertiary/aromatic N) is 1. The maximum Gasteiger partial charge on any atom is 0.0770 e.